The van der Waals surface area contributed by atoms with Gasteiger partial charge in [-0.25, -0.2) is 4.98 Å². The van der Waals surface area contributed by atoms with Crippen LogP contribution in [0.5, 0.6) is 0 Å². The number of carbonyl (C=O) groups is 1. The number of amides is 1. The van der Waals surface area contributed by atoms with Crippen molar-refractivity contribution in [2.24, 2.45) is 0 Å². The van der Waals surface area contributed by atoms with E-state index >= 15 is 0 Å². The zero-order valence-electron chi connectivity index (χ0n) is 13.2. The van der Waals surface area contributed by atoms with Gasteiger partial charge in [-0.15, -0.1) is 10.2 Å². The van der Waals surface area contributed by atoms with Gasteiger partial charge in [0.1, 0.15) is 0 Å². The lowest BCUT2D eigenvalue weighted by atomic mass is 9.87. The summed E-state index contributed by atoms with van der Waals surface area (Å²) in [5.41, 5.74) is 2.82. The zero-order valence-corrected chi connectivity index (χ0v) is 13.2. The number of hydrogen-bond acceptors (Lipinski definition) is 5. The average molecular weight is 310 g/mol. The Bertz CT molecular complexity index is 832. The number of nitrogens with one attached hydrogen (secondary N) is 2. The second-order valence-electron chi connectivity index (χ2n) is 6.21. The number of rotatable bonds is 4. The van der Waals surface area contributed by atoms with Crippen LogP contribution >= 0.6 is 0 Å². The molecule has 3 rings (SSSR count). The minimum Gasteiger partial charge on any atom is -0.337 e. The van der Waals surface area contributed by atoms with E-state index in [-0.39, 0.29) is 5.41 Å². The molecular weight excluding hydrogens is 292 g/mol. The first-order valence-electron chi connectivity index (χ1n) is 7.26. The molecule has 7 heteroatoms. The Hall–Kier alpha value is -2.96. The summed E-state index contributed by atoms with van der Waals surface area (Å²) >= 11 is 0. The van der Waals surface area contributed by atoms with Crippen LogP contribution < -0.4 is 10.6 Å². The molecule has 1 amide bonds. The summed E-state index contributed by atoms with van der Waals surface area (Å²) in [4.78, 5) is 14.9. The molecule has 0 saturated carbocycles. The maximum atomic E-state index is 10.6. The summed E-state index contributed by atoms with van der Waals surface area (Å²) in [6.45, 7) is 6.53. The van der Waals surface area contributed by atoms with E-state index in [1.165, 1.54) is 5.56 Å². The number of carbonyl (C=O) groups excluding carboxylic acids is 1. The number of nitrogens with zero attached hydrogens (tertiary/aromatic N) is 4. The Morgan fingerprint density at radius 1 is 1.13 bits per heavy atom. The molecule has 0 unspecified atom stereocenters. The molecule has 118 valence electrons. The molecule has 0 radical (unpaired) electrons. The van der Waals surface area contributed by atoms with Gasteiger partial charge < -0.3 is 5.32 Å². The summed E-state index contributed by atoms with van der Waals surface area (Å²) in [5.74, 6) is 0.922. The second-order valence-corrected chi connectivity index (χ2v) is 6.21. The first-order chi connectivity index (χ1) is 11.0. The zero-order chi connectivity index (χ0) is 16.4. The topological polar surface area (TPSA) is 84.2 Å². The van der Waals surface area contributed by atoms with Gasteiger partial charge in [0, 0.05) is 18.1 Å². The summed E-state index contributed by atoms with van der Waals surface area (Å²) < 4.78 is 1.66. The van der Waals surface area contributed by atoms with Crippen molar-refractivity contribution in [1.82, 2.24) is 19.6 Å². The predicted octanol–water partition coefficient (Wildman–Crippen LogP) is 2.73. The molecule has 2 aromatic heterocycles. The molecule has 2 heterocycles. The molecule has 0 fully saturated rings. The van der Waals surface area contributed by atoms with Gasteiger partial charge in [-0.3, -0.25) is 14.5 Å². The van der Waals surface area contributed by atoms with E-state index in [0.29, 0.717) is 23.8 Å². The molecule has 0 aliphatic rings. The van der Waals surface area contributed by atoms with Gasteiger partial charge in [0.25, 0.3) is 0 Å². The van der Waals surface area contributed by atoms with Gasteiger partial charge >= 0.3 is 0 Å². The first-order valence-corrected chi connectivity index (χ1v) is 7.26. The molecule has 0 bridgehead atoms. The third-order valence-electron chi connectivity index (χ3n) is 3.53. The van der Waals surface area contributed by atoms with E-state index < -0.39 is 0 Å². The normalized spacial score (nSPS) is 11.4. The van der Waals surface area contributed by atoms with Crippen LogP contribution in [0.1, 0.15) is 26.3 Å². The maximum Gasteiger partial charge on any atom is 0.235 e. The van der Waals surface area contributed by atoms with Crippen LogP contribution in [0.25, 0.3) is 5.65 Å². The van der Waals surface area contributed by atoms with Crippen molar-refractivity contribution in [3.63, 3.8) is 0 Å². The van der Waals surface area contributed by atoms with Gasteiger partial charge in [0.2, 0.25) is 18.0 Å². The van der Waals surface area contributed by atoms with Crippen molar-refractivity contribution in [1.29, 1.82) is 0 Å². The van der Waals surface area contributed by atoms with E-state index in [1.807, 2.05) is 12.1 Å². The highest BCUT2D eigenvalue weighted by Gasteiger charge is 2.14. The number of benzene rings is 1. The molecule has 2 N–H and O–H groups in total. The van der Waals surface area contributed by atoms with Crippen LogP contribution in [0.3, 0.4) is 0 Å². The average Bonchev–Trinajstić information content (AvgIpc) is 2.92. The summed E-state index contributed by atoms with van der Waals surface area (Å²) in [7, 11) is 0. The maximum absolute atomic E-state index is 10.6. The summed E-state index contributed by atoms with van der Waals surface area (Å²) in [6.07, 6.45) is 3.88. The van der Waals surface area contributed by atoms with E-state index in [9.17, 15) is 4.79 Å². The van der Waals surface area contributed by atoms with Crippen LogP contribution in [-0.2, 0) is 10.2 Å². The Morgan fingerprint density at radius 3 is 2.52 bits per heavy atom. The van der Waals surface area contributed by atoms with Crippen molar-refractivity contribution in [2.45, 2.75) is 26.2 Å². The highest BCUT2D eigenvalue weighted by atomic mass is 16.1. The van der Waals surface area contributed by atoms with Crippen LogP contribution in [0.15, 0.2) is 36.7 Å². The lowest BCUT2D eigenvalue weighted by molar-refractivity contribution is -0.105. The van der Waals surface area contributed by atoms with Crippen molar-refractivity contribution in [3.8, 4) is 0 Å². The Morgan fingerprint density at radius 2 is 1.87 bits per heavy atom. The highest BCUT2D eigenvalue weighted by Crippen LogP contribution is 2.25. The van der Waals surface area contributed by atoms with E-state index in [2.05, 4.69) is 58.7 Å². The van der Waals surface area contributed by atoms with Crippen molar-refractivity contribution >= 4 is 29.5 Å². The Balaban J connectivity index is 1.91. The first kappa shape index (κ1) is 15.0. The molecule has 0 aliphatic carbocycles. The lowest BCUT2D eigenvalue weighted by Gasteiger charge is -2.19. The molecular formula is C16H18N6O. The Labute approximate surface area is 133 Å². The van der Waals surface area contributed by atoms with Crippen LogP contribution in [0, 0.1) is 0 Å². The van der Waals surface area contributed by atoms with Gasteiger partial charge in [0.05, 0.1) is 0 Å². The number of fused-ring (bicyclic) bond motifs is 1. The number of anilines is 3. The molecule has 3 aromatic rings. The fourth-order valence-electron chi connectivity index (χ4n) is 2.26. The summed E-state index contributed by atoms with van der Waals surface area (Å²) in [5, 5.41) is 13.7. The largest absolute Gasteiger partial charge is 0.337 e. The van der Waals surface area contributed by atoms with Gasteiger partial charge in [-0.2, -0.15) is 0 Å². The van der Waals surface area contributed by atoms with Crippen molar-refractivity contribution in [2.75, 3.05) is 10.6 Å². The SMILES string of the molecule is CC(C)(C)c1ccc(Nc2nccn3c(NC=O)nnc23)cc1. The quantitative estimate of drug-likeness (QED) is 0.724. The number of hydrogen-bond donors (Lipinski definition) is 2. The van der Waals surface area contributed by atoms with Gasteiger partial charge in [-0.05, 0) is 23.1 Å². The van der Waals surface area contributed by atoms with Crippen LogP contribution in [0.4, 0.5) is 17.5 Å². The minimum absolute atomic E-state index is 0.110. The molecule has 0 spiro atoms. The van der Waals surface area contributed by atoms with E-state index in [0.717, 1.165) is 5.69 Å². The highest BCUT2D eigenvalue weighted by molar-refractivity contribution is 5.73. The third kappa shape index (κ3) is 2.98. The fourth-order valence-corrected chi connectivity index (χ4v) is 2.26. The van der Waals surface area contributed by atoms with Crippen LogP contribution in [-0.4, -0.2) is 26.0 Å². The molecule has 1 aromatic carbocycles. The fraction of sp³-hybridized carbons (Fsp3) is 0.250. The monoisotopic (exact) mass is 310 g/mol. The molecule has 7 nitrogen and oxygen atoms in total. The van der Waals surface area contributed by atoms with Crippen LogP contribution in [0.2, 0.25) is 0 Å². The van der Waals surface area contributed by atoms with Gasteiger partial charge in [-0.1, -0.05) is 32.9 Å². The van der Waals surface area contributed by atoms with Gasteiger partial charge in [0.15, 0.2) is 5.82 Å². The molecule has 0 saturated heterocycles. The standard InChI is InChI=1S/C16H18N6O/c1-16(2,3)11-4-6-12(7-5-11)19-13-14-20-21-15(18-10-23)22(14)9-8-17-13/h4-10H,1-3H3,(H,17,19)(H,18,21,23). The second kappa shape index (κ2) is 5.68. The smallest absolute Gasteiger partial charge is 0.235 e. The number of aromatic nitrogens is 4. The molecule has 0 aliphatic heterocycles. The summed E-state index contributed by atoms with van der Waals surface area (Å²) in [6, 6.07) is 8.19. The Kier molecular flexibility index (Phi) is 3.69. The van der Waals surface area contributed by atoms with Crippen molar-refractivity contribution < 1.29 is 4.79 Å². The third-order valence-corrected chi connectivity index (χ3v) is 3.53. The lowest BCUT2D eigenvalue weighted by Crippen LogP contribution is -2.10. The van der Waals surface area contributed by atoms with E-state index in [1.54, 1.807) is 16.8 Å². The van der Waals surface area contributed by atoms with E-state index in [4.69, 9.17) is 0 Å². The predicted molar refractivity (Wildman–Crippen MR) is 88.9 cm³/mol. The minimum atomic E-state index is 0.110. The molecule has 0 atom stereocenters. The molecule has 23 heavy (non-hydrogen) atoms. The van der Waals surface area contributed by atoms with Crippen molar-refractivity contribution in [3.05, 3.63) is 42.2 Å².